The van der Waals surface area contributed by atoms with Gasteiger partial charge in [0.2, 0.25) is 5.91 Å². The minimum absolute atomic E-state index is 0.0555. The summed E-state index contributed by atoms with van der Waals surface area (Å²) >= 11 is 0. The molecule has 29 heavy (non-hydrogen) atoms. The zero-order chi connectivity index (χ0) is 20.6. The van der Waals surface area contributed by atoms with Crippen molar-refractivity contribution in [3.05, 3.63) is 71.3 Å². The SMILES string of the molecule is COc1ccc(C#N)c2c1C(C(=O)NS(=O)(=O)c1cccc3ccccc13)CC2. The fourth-order valence-electron chi connectivity index (χ4n) is 3.96. The van der Waals surface area contributed by atoms with E-state index in [1.165, 1.54) is 13.2 Å². The van der Waals surface area contributed by atoms with Gasteiger partial charge >= 0.3 is 0 Å². The molecule has 0 fully saturated rings. The van der Waals surface area contributed by atoms with Gasteiger partial charge in [0.05, 0.1) is 29.6 Å². The number of nitrogens with one attached hydrogen (secondary N) is 1. The monoisotopic (exact) mass is 406 g/mol. The fraction of sp³-hybridized carbons (Fsp3) is 0.182. The second kappa shape index (κ2) is 7.22. The molecule has 146 valence electrons. The Balaban J connectivity index is 1.71. The van der Waals surface area contributed by atoms with Gasteiger partial charge in [-0.1, -0.05) is 36.4 Å². The molecule has 0 bridgehead atoms. The lowest BCUT2D eigenvalue weighted by atomic mass is 9.97. The van der Waals surface area contributed by atoms with Crippen LogP contribution >= 0.6 is 0 Å². The van der Waals surface area contributed by atoms with E-state index < -0.39 is 21.8 Å². The number of amides is 1. The van der Waals surface area contributed by atoms with E-state index in [4.69, 9.17) is 4.74 Å². The number of methoxy groups -OCH3 is 1. The van der Waals surface area contributed by atoms with Crippen molar-refractivity contribution in [2.24, 2.45) is 0 Å². The van der Waals surface area contributed by atoms with Gasteiger partial charge in [0.25, 0.3) is 10.0 Å². The van der Waals surface area contributed by atoms with E-state index >= 15 is 0 Å². The first kappa shape index (κ1) is 19.0. The van der Waals surface area contributed by atoms with Crippen LogP contribution < -0.4 is 9.46 Å². The summed E-state index contributed by atoms with van der Waals surface area (Å²) in [4.78, 5) is 13.0. The van der Waals surface area contributed by atoms with Crippen LogP contribution in [0.1, 0.15) is 29.0 Å². The third kappa shape index (κ3) is 3.22. The number of rotatable bonds is 4. The van der Waals surface area contributed by atoms with Crippen LogP contribution in [0.25, 0.3) is 10.8 Å². The number of nitriles is 1. The van der Waals surface area contributed by atoms with Crippen molar-refractivity contribution in [3.8, 4) is 11.8 Å². The first-order valence-corrected chi connectivity index (χ1v) is 10.6. The van der Waals surface area contributed by atoms with Gasteiger partial charge in [-0.3, -0.25) is 4.79 Å². The van der Waals surface area contributed by atoms with E-state index in [0.717, 1.165) is 10.9 Å². The molecule has 7 heteroatoms. The maximum Gasteiger partial charge on any atom is 0.264 e. The largest absolute Gasteiger partial charge is 0.496 e. The highest BCUT2D eigenvalue weighted by molar-refractivity contribution is 7.90. The summed E-state index contributed by atoms with van der Waals surface area (Å²) in [6.45, 7) is 0. The Labute approximate surface area is 168 Å². The van der Waals surface area contributed by atoms with Gasteiger partial charge in [0.1, 0.15) is 5.75 Å². The quantitative estimate of drug-likeness (QED) is 0.717. The molecular weight excluding hydrogens is 388 g/mol. The van der Waals surface area contributed by atoms with Crippen LogP contribution in [-0.4, -0.2) is 21.4 Å². The number of carbonyl (C=O) groups is 1. The van der Waals surface area contributed by atoms with Gasteiger partial charge in [-0.25, -0.2) is 13.1 Å². The number of nitrogens with zero attached hydrogens (tertiary/aromatic N) is 1. The van der Waals surface area contributed by atoms with Crippen LogP contribution in [0.3, 0.4) is 0 Å². The molecule has 1 aliphatic rings. The van der Waals surface area contributed by atoms with Crippen molar-refractivity contribution in [3.63, 3.8) is 0 Å². The lowest BCUT2D eigenvalue weighted by Crippen LogP contribution is -2.34. The van der Waals surface area contributed by atoms with Crippen LogP contribution in [-0.2, 0) is 21.2 Å². The highest BCUT2D eigenvalue weighted by atomic mass is 32.2. The summed E-state index contributed by atoms with van der Waals surface area (Å²) in [6.07, 6.45) is 0.934. The number of carbonyl (C=O) groups excluding carboxylic acids is 1. The second-order valence-corrected chi connectivity index (χ2v) is 8.51. The topological polar surface area (TPSA) is 96.3 Å². The molecule has 3 aromatic carbocycles. The Morgan fingerprint density at radius 1 is 1.14 bits per heavy atom. The number of fused-ring (bicyclic) bond motifs is 2. The molecule has 1 N–H and O–H groups in total. The van der Waals surface area contributed by atoms with Crippen molar-refractivity contribution < 1.29 is 17.9 Å². The van der Waals surface area contributed by atoms with Crippen molar-refractivity contribution in [1.29, 1.82) is 5.26 Å². The predicted octanol–water partition coefficient (Wildman–Crippen LogP) is 3.25. The van der Waals surface area contributed by atoms with Crippen LogP contribution in [0.5, 0.6) is 5.75 Å². The standard InChI is InChI=1S/C22H18N2O4S/c1-28-19-12-9-15(13-23)17-10-11-18(21(17)19)22(25)24-29(26,27)20-8-4-6-14-5-2-3-7-16(14)20/h2-9,12,18H,10-11H2,1H3,(H,24,25). The molecule has 0 saturated heterocycles. The second-order valence-electron chi connectivity index (χ2n) is 6.86. The van der Waals surface area contributed by atoms with Gasteiger partial charge in [-0.2, -0.15) is 5.26 Å². The minimum atomic E-state index is -4.07. The molecule has 1 unspecified atom stereocenters. The van der Waals surface area contributed by atoms with Crippen LogP contribution in [0, 0.1) is 11.3 Å². The zero-order valence-corrected chi connectivity index (χ0v) is 16.5. The average molecular weight is 406 g/mol. The van der Waals surface area contributed by atoms with E-state index in [1.807, 2.05) is 18.2 Å². The molecule has 0 spiro atoms. The van der Waals surface area contributed by atoms with E-state index in [-0.39, 0.29) is 4.90 Å². The zero-order valence-electron chi connectivity index (χ0n) is 15.7. The van der Waals surface area contributed by atoms with E-state index in [9.17, 15) is 18.5 Å². The Morgan fingerprint density at radius 2 is 1.90 bits per heavy atom. The third-order valence-electron chi connectivity index (χ3n) is 5.28. The molecule has 1 aliphatic carbocycles. The first-order valence-electron chi connectivity index (χ1n) is 9.10. The van der Waals surface area contributed by atoms with Gasteiger partial charge in [0.15, 0.2) is 0 Å². The number of benzene rings is 3. The summed E-state index contributed by atoms with van der Waals surface area (Å²) < 4.78 is 33.6. The molecule has 0 radical (unpaired) electrons. The highest BCUT2D eigenvalue weighted by Gasteiger charge is 2.35. The van der Waals surface area contributed by atoms with Gasteiger partial charge in [0, 0.05) is 10.9 Å². The summed E-state index contributed by atoms with van der Waals surface area (Å²) in [5, 5.41) is 10.7. The van der Waals surface area contributed by atoms with E-state index in [0.29, 0.717) is 35.1 Å². The van der Waals surface area contributed by atoms with Gasteiger partial charge < -0.3 is 4.74 Å². The lowest BCUT2D eigenvalue weighted by Gasteiger charge is -2.16. The molecular formula is C22H18N2O4S. The molecule has 0 aliphatic heterocycles. The number of ether oxygens (including phenoxy) is 1. The molecule has 4 rings (SSSR count). The smallest absolute Gasteiger partial charge is 0.264 e. The summed E-state index contributed by atoms with van der Waals surface area (Å²) in [6, 6.07) is 17.5. The molecule has 0 saturated carbocycles. The van der Waals surface area contributed by atoms with Crippen LogP contribution in [0.4, 0.5) is 0 Å². The van der Waals surface area contributed by atoms with Gasteiger partial charge in [-0.05, 0) is 42.0 Å². The molecule has 6 nitrogen and oxygen atoms in total. The highest BCUT2D eigenvalue weighted by Crippen LogP contribution is 2.41. The van der Waals surface area contributed by atoms with Crippen LogP contribution in [0.15, 0.2) is 59.5 Å². The van der Waals surface area contributed by atoms with Crippen molar-refractivity contribution in [2.45, 2.75) is 23.7 Å². The summed E-state index contributed by atoms with van der Waals surface area (Å²) in [7, 11) is -2.58. The van der Waals surface area contributed by atoms with E-state index in [2.05, 4.69) is 10.8 Å². The number of hydrogen-bond donors (Lipinski definition) is 1. The molecule has 1 atom stereocenters. The van der Waals surface area contributed by atoms with Crippen molar-refractivity contribution in [1.82, 2.24) is 4.72 Å². The minimum Gasteiger partial charge on any atom is -0.496 e. The average Bonchev–Trinajstić information content (AvgIpc) is 3.18. The predicted molar refractivity (Wildman–Crippen MR) is 108 cm³/mol. The fourth-order valence-corrected chi connectivity index (χ4v) is 5.21. The Bertz CT molecular complexity index is 1270. The lowest BCUT2D eigenvalue weighted by molar-refractivity contribution is -0.120. The van der Waals surface area contributed by atoms with Crippen molar-refractivity contribution >= 4 is 26.7 Å². The third-order valence-corrected chi connectivity index (χ3v) is 6.68. The molecule has 0 heterocycles. The Hall–Kier alpha value is -3.37. The maximum absolute atomic E-state index is 13.0. The molecule has 1 amide bonds. The number of hydrogen-bond acceptors (Lipinski definition) is 5. The Morgan fingerprint density at radius 3 is 2.66 bits per heavy atom. The van der Waals surface area contributed by atoms with Crippen LogP contribution in [0.2, 0.25) is 0 Å². The molecule has 3 aromatic rings. The first-order chi connectivity index (χ1) is 14.0. The molecule has 0 aromatic heterocycles. The van der Waals surface area contributed by atoms with Gasteiger partial charge in [-0.15, -0.1) is 0 Å². The Kier molecular flexibility index (Phi) is 4.73. The van der Waals surface area contributed by atoms with E-state index in [1.54, 1.807) is 30.3 Å². The maximum atomic E-state index is 13.0. The number of sulfonamides is 1. The normalized spacial score (nSPS) is 15.5. The summed E-state index contributed by atoms with van der Waals surface area (Å²) in [5.41, 5.74) is 1.82. The summed E-state index contributed by atoms with van der Waals surface area (Å²) in [5.74, 6) is -0.831. The van der Waals surface area contributed by atoms with Crippen molar-refractivity contribution in [2.75, 3.05) is 7.11 Å².